The largest absolute Gasteiger partial charge is 0.497 e. The fourth-order valence-corrected chi connectivity index (χ4v) is 1.04. The monoisotopic (exact) mass is 219 g/mol. The van der Waals surface area contributed by atoms with Crippen molar-refractivity contribution in [3.63, 3.8) is 0 Å². The summed E-state index contributed by atoms with van der Waals surface area (Å²) in [7, 11) is 1.28. The summed E-state index contributed by atoms with van der Waals surface area (Å²) >= 11 is 0. The van der Waals surface area contributed by atoms with Gasteiger partial charge in [0.25, 0.3) is 0 Å². The topological polar surface area (TPSA) is 57.5 Å². The standard InChI is InChI=1S/C8H8F3N3O/c1-15-5-2-3-7(13-14-12)6(4-5)8(9,10)11/h2-4H,1H3,(H2,12,13). The van der Waals surface area contributed by atoms with E-state index in [2.05, 4.69) is 9.96 Å². The number of anilines is 1. The molecule has 0 aliphatic rings. The molecule has 0 spiro atoms. The molecule has 7 heteroatoms. The van der Waals surface area contributed by atoms with Gasteiger partial charge in [-0.2, -0.15) is 18.7 Å². The molecular weight excluding hydrogens is 211 g/mol. The Hall–Kier alpha value is -1.79. The lowest BCUT2D eigenvalue weighted by Crippen LogP contribution is -2.08. The average Bonchev–Trinajstić information content (AvgIpc) is 2.17. The summed E-state index contributed by atoms with van der Waals surface area (Å²) in [6, 6.07) is 3.34. The lowest BCUT2D eigenvalue weighted by Gasteiger charge is -2.12. The fraction of sp³-hybridized carbons (Fsp3) is 0.250. The van der Waals surface area contributed by atoms with Gasteiger partial charge in [-0.25, -0.2) is 0 Å². The summed E-state index contributed by atoms with van der Waals surface area (Å²) in [6.07, 6.45) is -4.51. The Morgan fingerprint density at radius 1 is 1.40 bits per heavy atom. The van der Waals surface area contributed by atoms with E-state index in [0.29, 0.717) is 0 Å². The Kier molecular flexibility index (Phi) is 3.13. The molecule has 0 radical (unpaired) electrons. The van der Waals surface area contributed by atoms with Gasteiger partial charge in [-0.05, 0) is 18.2 Å². The molecule has 0 saturated heterocycles. The Morgan fingerprint density at radius 3 is 2.53 bits per heavy atom. The van der Waals surface area contributed by atoms with Crippen LogP contribution in [0.15, 0.2) is 23.4 Å². The van der Waals surface area contributed by atoms with E-state index in [1.807, 2.05) is 5.43 Å². The molecule has 0 heterocycles. The molecule has 0 fully saturated rings. The number of methoxy groups -OCH3 is 1. The van der Waals surface area contributed by atoms with E-state index in [-0.39, 0.29) is 11.4 Å². The summed E-state index contributed by atoms with van der Waals surface area (Å²) in [5.41, 5.74) is 7.21. The van der Waals surface area contributed by atoms with Crippen LogP contribution in [0.4, 0.5) is 18.9 Å². The van der Waals surface area contributed by atoms with Crippen LogP contribution in [0.3, 0.4) is 0 Å². The minimum atomic E-state index is -4.51. The molecule has 0 saturated carbocycles. The molecule has 0 unspecified atom stereocenters. The van der Waals surface area contributed by atoms with Crippen LogP contribution in [-0.4, -0.2) is 7.11 Å². The maximum atomic E-state index is 12.5. The van der Waals surface area contributed by atoms with Gasteiger partial charge in [0.1, 0.15) is 5.75 Å². The third kappa shape index (κ3) is 2.58. The quantitative estimate of drug-likeness (QED) is 0.606. The van der Waals surface area contributed by atoms with E-state index in [0.717, 1.165) is 12.1 Å². The number of benzene rings is 1. The van der Waals surface area contributed by atoms with Crippen LogP contribution in [-0.2, 0) is 6.18 Å². The third-order valence-electron chi connectivity index (χ3n) is 1.71. The predicted molar refractivity (Wildman–Crippen MR) is 46.8 cm³/mol. The summed E-state index contributed by atoms with van der Waals surface area (Å²) in [6.45, 7) is 0. The molecule has 82 valence electrons. The maximum Gasteiger partial charge on any atom is 0.418 e. The molecule has 0 aliphatic heterocycles. The Morgan fingerprint density at radius 2 is 2.07 bits per heavy atom. The van der Waals surface area contributed by atoms with Crippen LogP contribution in [0.1, 0.15) is 5.56 Å². The van der Waals surface area contributed by atoms with Crippen LogP contribution in [0.5, 0.6) is 5.75 Å². The van der Waals surface area contributed by atoms with Crippen molar-refractivity contribution in [1.82, 2.24) is 0 Å². The molecule has 4 nitrogen and oxygen atoms in total. The van der Waals surface area contributed by atoms with Gasteiger partial charge in [-0.3, -0.25) is 5.43 Å². The number of nitrogens with zero attached hydrogens (tertiary/aromatic N) is 1. The zero-order chi connectivity index (χ0) is 11.5. The Bertz CT molecular complexity index is 365. The summed E-state index contributed by atoms with van der Waals surface area (Å²) in [4.78, 5) is 0. The second kappa shape index (κ2) is 4.16. The molecule has 1 rings (SSSR count). The average molecular weight is 219 g/mol. The smallest absolute Gasteiger partial charge is 0.418 e. The first-order chi connectivity index (χ1) is 6.99. The van der Waals surface area contributed by atoms with E-state index in [1.54, 1.807) is 0 Å². The van der Waals surface area contributed by atoms with Gasteiger partial charge in [0.15, 0.2) is 0 Å². The summed E-state index contributed by atoms with van der Waals surface area (Å²) in [5.74, 6) is 0.0952. The van der Waals surface area contributed by atoms with Crippen molar-refractivity contribution in [3.05, 3.63) is 23.8 Å². The van der Waals surface area contributed by atoms with Gasteiger partial charge in [0.05, 0.1) is 18.4 Å². The van der Waals surface area contributed by atoms with E-state index in [4.69, 9.17) is 5.53 Å². The highest BCUT2D eigenvalue weighted by Gasteiger charge is 2.34. The van der Waals surface area contributed by atoms with Crippen molar-refractivity contribution < 1.29 is 17.9 Å². The molecule has 2 N–H and O–H groups in total. The maximum absolute atomic E-state index is 12.5. The predicted octanol–water partition coefficient (Wildman–Crippen LogP) is 3.07. The SMILES string of the molecule is COc1ccc(NN=N)c(C(F)(F)F)c1. The molecule has 15 heavy (non-hydrogen) atoms. The summed E-state index contributed by atoms with van der Waals surface area (Å²) in [5, 5.41) is 2.69. The summed E-state index contributed by atoms with van der Waals surface area (Å²) < 4.78 is 42.1. The van der Waals surface area contributed by atoms with Crippen molar-refractivity contribution in [2.45, 2.75) is 6.18 Å². The van der Waals surface area contributed by atoms with Gasteiger partial charge in [0.2, 0.25) is 0 Å². The van der Waals surface area contributed by atoms with E-state index in [1.165, 1.54) is 13.2 Å². The number of hydrogen-bond acceptors (Lipinski definition) is 3. The van der Waals surface area contributed by atoms with Gasteiger partial charge in [-0.15, -0.1) is 0 Å². The van der Waals surface area contributed by atoms with Crippen molar-refractivity contribution >= 4 is 5.69 Å². The number of alkyl halides is 3. The van der Waals surface area contributed by atoms with Crippen molar-refractivity contribution in [1.29, 1.82) is 5.53 Å². The number of halogens is 3. The zero-order valence-electron chi connectivity index (χ0n) is 7.72. The second-order valence-corrected chi connectivity index (χ2v) is 2.63. The lowest BCUT2D eigenvalue weighted by atomic mass is 10.1. The van der Waals surface area contributed by atoms with Gasteiger partial charge in [0, 0.05) is 0 Å². The fourth-order valence-electron chi connectivity index (χ4n) is 1.04. The van der Waals surface area contributed by atoms with E-state index in [9.17, 15) is 13.2 Å². The van der Waals surface area contributed by atoms with Crippen molar-refractivity contribution in [2.24, 2.45) is 5.22 Å². The Labute approximate surface area is 83.5 Å². The minimum Gasteiger partial charge on any atom is -0.497 e. The third-order valence-corrected chi connectivity index (χ3v) is 1.71. The van der Waals surface area contributed by atoms with Crippen LogP contribution in [0, 0.1) is 5.53 Å². The van der Waals surface area contributed by atoms with Crippen LogP contribution in [0.2, 0.25) is 0 Å². The van der Waals surface area contributed by atoms with Gasteiger partial charge >= 0.3 is 6.18 Å². The number of nitrogens with one attached hydrogen (secondary N) is 2. The highest BCUT2D eigenvalue weighted by atomic mass is 19.4. The highest BCUT2D eigenvalue weighted by Crippen LogP contribution is 2.37. The first-order valence-corrected chi connectivity index (χ1v) is 3.86. The molecule has 0 amide bonds. The van der Waals surface area contributed by atoms with Crippen molar-refractivity contribution in [2.75, 3.05) is 12.5 Å². The van der Waals surface area contributed by atoms with Crippen LogP contribution in [0.25, 0.3) is 0 Å². The molecule has 0 aliphatic carbocycles. The van der Waals surface area contributed by atoms with Gasteiger partial charge in [-0.1, -0.05) is 5.22 Å². The number of rotatable bonds is 3. The molecule has 0 bridgehead atoms. The zero-order valence-corrected chi connectivity index (χ0v) is 7.72. The van der Waals surface area contributed by atoms with E-state index >= 15 is 0 Å². The molecule has 1 aromatic rings. The molecular formula is C8H8F3N3O. The molecule has 0 atom stereocenters. The Balaban J connectivity index is 3.22. The molecule has 1 aromatic carbocycles. The first kappa shape index (κ1) is 11.3. The first-order valence-electron chi connectivity index (χ1n) is 3.86. The van der Waals surface area contributed by atoms with Crippen LogP contribution >= 0.6 is 0 Å². The molecule has 0 aromatic heterocycles. The van der Waals surface area contributed by atoms with E-state index < -0.39 is 11.7 Å². The number of hydrogen-bond donors (Lipinski definition) is 2. The van der Waals surface area contributed by atoms with Crippen molar-refractivity contribution in [3.8, 4) is 5.75 Å². The highest BCUT2D eigenvalue weighted by molar-refractivity contribution is 5.55. The van der Waals surface area contributed by atoms with Crippen LogP contribution < -0.4 is 10.2 Å². The normalized spacial score (nSPS) is 10.9. The minimum absolute atomic E-state index is 0.0952. The number of ether oxygens (including phenoxy) is 1. The van der Waals surface area contributed by atoms with Gasteiger partial charge < -0.3 is 4.74 Å². The second-order valence-electron chi connectivity index (χ2n) is 2.63. The lowest BCUT2D eigenvalue weighted by molar-refractivity contribution is -0.137.